The van der Waals surface area contributed by atoms with E-state index >= 15 is 0 Å². The van der Waals surface area contributed by atoms with Crippen LogP contribution in [0.2, 0.25) is 0 Å². The first-order valence-electron chi connectivity index (χ1n) is 7.29. The van der Waals surface area contributed by atoms with Gasteiger partial charge in [-0.25, -0.2) is 0 Å². The molecule has 0 amide bonds. The Morgan fingerprint density at radius 2 is 2.00 bits per heavy atom. The van der Waals surface area contributed by atoms with Crippen molar-refractivity contribution in [3.8, 4) is 0 Å². The van der Waals surface area contributed by atoms with E-state index in [4.69, 9.17) is 0 Å². The number of rotatable bonds is 9. The van der Waals surface area contributed by atoms with Crippen LogP contribution in [0.3, 0.4) is 0 Å². The number of hydrogen-bond acceptors (Lipinski definition) is 4. The number of nitro benzene ring substituents is 1. The lowest BCUT2D eigenvalue weighted by molar-refractivity contribution is -0.385. The summed E-state index contributed by atoms with van der Waals surface area (Å²) >= 11 is 0. The van der Waals surface area contributed by atoms with Gasteiger partial charge in [0.05, 0.1) is 4.92 Å². The molecule has 1 aromatic carbocycles. The van der Waals surface area contributed by atoms with Gasteiger partial charge in [-0.05, 0) is 26.4 Å². The molecule has 0 saturated carbocycles. The molecular weight excluding hydrogens is 254 g/mol. The summed E-state index contributed by atoms with van der Waals surface area (Å²) in [7, 11) is 0. The lowest BCUT2D eigenvalue weighted by atomic mass is 10.1. The summed E-state index contributed by atoms with van der Waals surface area (Å²) in [6, 6.07) is 6.91. The van der Waals surface area contributed by atoms with E-state index < -0.39 is 0 Å². The van der Waals surface area contributed by atoms with Crippen LogP contribution in [0.15, 0.2) is 24.3 Å². The van der Waals surface area contributed by atoms with Crippen LogP contribution < -0.4 is 5.32 Å². The summed E-state index contributed by atoms with van der Waals surface area (Å²) in [5.41, 5.74) is 0.935. The third-order valence-corrected chi connectivity index (χ3v) is 3.47. The van der Waals surface area contributed by atoms with E-state index in [-0.39, 0.29) is 16.7 Å². The molecule has 1 unspecified atom stereocenters. The zero-order valence-corrected chi connectivity index (χ0v) is 12.6. The van der Waals surface area contributed by atoms with Crippen LogP contribution in [0, 0.1) is 10.1 Å². The van der Waals surface area contributed by atoms with E-state index in [9.17, 15) is 10.1 Å². The first-order chi connectivity index (χ1) is 9.60. The maximum absolute atomic E-state index is 11.0. The summed E-state index contributed by atoms with van der Waals surface area (Å²) in [5.74, 6) is 0. The lowest BCUT2D eigenvalue weighted by Crippen LogP contribution is -2.33. The van der Waals surface area contributed by atoms with Crippen molar-refractivity contribution in [3.63, 3.8) is 0 Å². The predicted octanol–water partition coefficient (Wildman–Crippen LogP) is 2.98. The fraction of sp³-hybridized carbons (Fsp3) is 0.600. The molecule has 1 aromatic rings. The Labute approximate surface area is 121 Å². The predicted molar refractivity (Wildman–Crippen MR) is 81.9 cm³/mol. The van der Waals surface area contributed by atoms with Crippen molar-refractivity contribution in [2.75, 3.05) is 26.2 Å². The van der Waals surface area contributed by atoms with E-state index in [1.807, 2.05) is 19.1 Å². The molecule has 1 N–H and O–H groups in total. The summed E-state index contributed by atoms with van der Waals surface area (Å²) in [6.45, 7) is 10.2. The van der Waals surface area contributed by atoms with Crippen molar-refractivity contribution in [2.45, 2.75) is 33.2 Å². The number of nitro groups is 1. The van der Waals surface area contributed by atoms with E-state index in [0.717, 1.165) is 38.2 Å². The Hall–Kier alpha value is -1.46. The zero-order chi connectivity index (χ0) is 15.0. The van der Waals surface area contributed by atoms with Crippen LogP contribution in [0.4, 0.5) is 5.69 Å². The third-order valence-electron chi connectivity index (χ3n) is 3.47. The molecule has 0 radical (unpaired) electrons. The Balaban J connectivity index is 2.55. The lowest BCUT2D eigenvalue weighted by Gasteiger charge is -2.21. The number of para-hydroxylation sites is 1. The van der Waals surface area contributed by atoms with Gasteiger partial charge in [-0.1, -0.05) is 32.0 Å². The number of benzene rings is 1. The highest BCUT2D eigenvalue weighted by molar-refractivity contribution is 5.41. The average Bonchev–Trinajstić information content (AvgIpc) is 2.46. The van der Waals surface area contributed by atoms with Crippen molar-refractivity contribution < 1.29 is 4.92 Å². The standard InChI is InChI=1S/C15H25N3O2/c1-4-11-17(5-2)12-10-16-13(3)14-8-6-7-9-15(14)18(19)20/h6-9,13,16H,4-5,10-12H2,1-3H3. The van der Waals surface area contributed by atoms with E-state index in [0.29, 0.717) is 0 Å². The van der Waals surface area contributed by atoms with Gasteiger partial charge in [0.25, 0.3) is 5.69 Å². The zero-order valence-electron chi connectivity index (χ0n) is 12.6. The van der Waals surface area contributed by atoms with Gasteiger partial charge in [0.2, 0.25) is 0 Å². The van der Waals surface area contributed by atoms with Crippen molar-refractivity contribution in [3.05, 3.63) is 39.9 Å². The highest BCUT2D eigenvalue weighted by Crippen LogP contribution is 2.24. The molecule has 0 aromatic heterocycles. The molecule has 5 heteroatoms. The monoisotopic (exact) mass is 279 g/mol. The molecule has 0 aliphatic heterocycles. The molecule has 0 fully saturated rings. The minimum Gasteiger partial charge on any atom is -0.309 e. The Bertz CT molecular complexity index is 423. The van der Waals surface area contributed by atoms with Crippen LogP contribution in [0.5, 0.6) is 0 Å². The fourth-order valence-corrected chi connectivity index (χ4v) is 2.31. The molecule has 112 valence electrons. The van der Waals surface area contributed by atoms with Gasteiger partial charge in [0.15, 0.2) is 0 Å². The van der Waals surface area contributed by atoms with E-state index in [1.165, 1.54) is 0 Å². The SMILES string of the molecule is CCCN(CC)CCNC(C)c1ccccc1[N+](=O)[O-]. The minimum atomic E-state index is -0.317. The second-order valence-corrected chi connectivity index (χ2v) is 4.93. The van der Waals surface area contributed by atoms with Gasteiger partial charge in [-0.2, -0.15) is 0 Å². The van der Waals surface area contributed by atoms with Crippen molar-refractivity contribution in [2.24, 2.45) is 0 Å². The van der Waals surface area contributed by atoms with Gasteiger partial charge in [0.1, 0.15) is 0 Å². The third kappa shape index (κ3) is 4.90. The topological polar surface area (TPSA) is 58.4 Å². The number of hydrogen-bond donors (Lipinski definition) is 1. The summed E-state index contributed by atoms with van der Waals surface area (Å²) in [5, 5.41) is 14.4. The smallest absolute Gasteiger partial charge is 0.274 e. The molecule has 0 heterocycles. The highest BCUT2D eigenvalue weighted by atomic mass is 16.6. The molecule has 1 rings (SSSR count). The minimum absolute atomic E-state index is 0.0167. The van der Waals surface area contributed by atoms with Gasteiger partial charge in [-0.15, -0.1) is 0 Å². The highest BCUT2D eigenvalue weighted by Gasteiger charge is 2.17. The molecule has 0 spiro atoms. The molecule has 0 aliphatic rings. The first-order valence-corrected chi connectivity index (χ1v) is 7.29. The molecule has 0 saturated heterocycles. The van der Waals surface area contributed by atoms with Gasteiger partial charge in [-0.3, -0.25) is 10.1 Å². The Morgan fingerprint density at radius 1 is 1.30 bits per heavy atom. The molecule has 1 atom stereocenters. The molecule has 0 bridgehead atoms. The summed E-state index contributed by atoms with van der Waals surface area (Å²) < 4.78 is 0. The Morgan fingerprint density at radius 3 is 2.60 bits per heavy atom. The van der Waals surface area contributed by atoms with Crippen LogP contribution in [-0.2, 0) is 0 Å². The first kappa shape index (κ1) is 16.6. The average molecular weight is 279 g/mol. The maximum Gasteiger partial charge on any atom is 0.274 e. The summed E-state index contributed by atoms with van der Waals surface area (Å²) in [6.07, 6.45) is 1.15. The maximum atomic E-state index is 11.0. The van der Waals surface area contributed by atoms with Crippen molar-refractivity contribution in [1.29, 1.82) is 0 Å². The van der Waals surface area contributed by atoms with Crippen molar-refractivity contribution in [1.82, 2.24) is 10.2 Å². The molecular formula is C15H25N3O2. The van der Waals surface area contributed by atoms with Gasteiger partial charge < -0.3 is 10.2 Å². The van der Waals surface area contributed by atoms with Crippen molar-refractivity contribution >= 4 is 5.69 Å². The fourth-order valence-electron chi connectivity index (χ4n) is 2.31. The van der Waals surface area contributed by atoms with Crippen LogP contribution in [0.1, 0.15) is 38.8 Å². The quantitative estimate of drug-likeness (QED) is 0.557. The number of likely N-dealkylation sites (N-methyl/N-ethyl adjacent to an activating group) is 1. The van der Waals surface area contributed by atoms with Crippen LogP contribution in [-0.4, -0.2) is 36.0 Å². The normalized spacial score (nSPS) is 12.6. The number of nitrogens with one attached hydrogen (secondary N) is 1. The second-order valence-electron chi connectivity index (χ2n) is 4.93. The molecule has 0 aliphatic carbocycles. The Kier molecular flexibility index (Phi) is 7.18. The second kappa shape index (κ2) is 8.66. The summed E-state index contributed by atoms with van der Waals surface area (Å²) in [4.78, 5) is 13.1. The van der Waals surface area contributed by atoms with Gasteiger partial charge >= 0.3 is 0 Å². The van der Waals surface area contributed by atoms with Crippen LogP contribution in [0.25, 0.3) is 0 Å². The van der Waals surface area contributed by atoms with Crippen LogP contribution >= 0.6 is 0 Å². The molecule has 20 heavy (non-hydrogen) atoms. The van der Waals surface area contributed by atoms with Gasteiger partial charge in [0, 0.05) is 30.8 Å². The largest absolute Gasteiger partial charge is 0.309 e. The molecule has 5 nitrogen and oxygen atoms in total. The van der Waals surface area contributed by atoms with E-state index in [1.54, 1.807) is 12.1 Å². The number of nitrogens with zero attached hydrogens (tertiary/aromatic N) is 2. The van der Waals surface area contributed by atoms with E-state index in [2.05, 4.69) is 24.1 Å².